The molecule has 1 heterocycles. The monoisotopic (exact) mass is 262 g/mol. The molecule has 19 heavy (non-hydrogen) atoms. The standard InChI is InChI=1S/C16H26N2O/c1-3-5-15-9-14(11-17-8-4-2)10-16(18-15)19-12-13-6-7-13/h9-10,13,17H,3-8,11-12H2,1-2H3. The maximum Gasteiger partial charge on any atom is 0.213 e. The number of pyridine rings is 1. The maximum absolute atomic E-state index is 5.82. The maximum atomic E-state index is 5.82. The van der Waals surface area contributed by atoms with E-state index in [9.17, 15) is 0 Å². The molecular weight excluding hydrogens is 236 g/mol. The number of rotatable bonds is 9. The van der Waals surface area contributed by atoms with Crippen molar-refractivity contribution >= 4 is 0 Å². The van der Waals surface area contributed by atoms with Crippen LogP contribution < -0.4 is 10.1 Å². The Kier molecular flexibility index (Phi) is 5.64. The molecule has 0 radical (unpaired) electrons. The van der Waals surface area contributed by atoms with Gasteiger partial charge in [0.2, 0.25) is 5.88 Å². The van der Waals surface area contributed by atoms with Crippen LogP contribution in [0.4, 0.5) is 0 Å². The SMILES string of the molecule is CCCNCc1cc(CCC)nc(OCC2CC2)c1. The third-order valence-corrected chi connectivity index (χ3v) is 3.34. The lowest BCUT2D eigenvalue weighted by Gasteiger charge is -2.10. The van der Waals surface area contributed by atoms with Gasteiger partial charge < -0.3 is 10.1 Å². The highest BCUT2D eigenvalue weighted by Crippen LogP contribution is 2.29. The van der Waals surface area contributed by atoms with Gasteiger partial charge in [-0.3, -0.25) is 0 Å². The molecule has 0 atom stereocenters. The molecule has 1 aromatic heterocycles. The smallest absolute Gasteiger partial charge is 0.213 e. The van der Waals surface area contributed by atoms with Crippen LogP contribution in [0.2, 0.25) is 0 Å². The summed E-state index contributed by atoms with van der Waals surface area (Å²) < 4.78 is 5.82. The van der Waals surface area contributed by atoms with E-state index < -0.39 is 0 Å². The van der Waals surface area contributed by atoms with Crippen molar-refractivity contribution < 1.29 is 4.74 Å². The van der Waals surface area contributed by atoms with Gasteiger partial charge >= 0.3 is 0 Å². The first-order valence-corrected chi connectivity index (χ1v) is 7.65. The van der Waals surface area contributed by atoms with E-state index in [2.05, 4.69) is 36.3 Å². The first-order chi connectivity index (χ1) is 9.31. The number of hydrogen-bond acceptors (Lipinski definition) is 3. The zero-order valence-corrected chi connectivity index (χ0v) is 12.2. The molecule has 0 unspecified atom stereocenters. The van der Waals surface area contributed by atoms with Gasteiger partial charge in [-0.15, -0.1) is 0 Å². The first-order valence-electron chi connectivity index (χ1n) is 7.65. The summed E-state index contributed by atoms with van der Waals surface area (Å²) in [6.45, 7) is 7.18. The molecule has 1 saturated carbocycles. The second-order valence-electron chi connectivity index (χ2n) is 5.49. The lowest BCUT2D eigenvalue weighted by atomic mass is 10.1. The normalized spacial score (nSPS) is 14.6. The molecule has 0 aromatic carbocycles. The second kappa shape index (κ2) is 7.49. The van der Waals surface area contributed by atoms with Crippen molar-refractivity contribution in [1.29, 1.82) is 0 Å². The van der Waals surface area contributed by atoms with Crippen LogP contribution in [-0.4, -0.2) is 18.1 Å². The van der Waals surface area contributed by atoms with E-state index in [0.717, 1.165) is 56.5 Å². The Morgan fingerprint density at radius 2 is 2.11 bits per heavy atom. The molecule has 0 spiro atoms. The lowest BCUT2D eigenvalue weighted by Crippen LogP contribution is -2.14. The largest absolute Gasteiger partial charge is 0.477 e. The van der Waals surface area contributed by atoms with Crippen LogP contribution in [0.3, 0.4) is 0 Å². The summed E-state index contributed by atoms with van der Waals surface area (Å²) in [4.78, 5) is 4.60. The molecule has 0 bridgehead atoms. The van der Waals surface area contributed by atoms with E-state index in [0.29, 0.717) is 0 Å². The number of nitrogens with zero attached hydrogens (tertiary/aromatic N) is 1. The molecule has 3 heteroatoms. The van der Waals surface area contributed by atoms with Gasteiger partial charge in [0.1, 0.15) is 0 Å². The molecule has 0 amide bonds. The summed E-state index contributed by atoms with van der Waals surface area (Å²) in [5, 5.41) is 3.44. The molecule has 106 valence electrons. The van der Waals surface area contributed by atoms with Crippen LogP contribution in [0.1, 0.15) is 50.8 Å². The van der Waals surface area contributed by atoms with E-state index in [-0.39, 0.29) is 0 Å². The highest BCUT2D eigenvalue weighted by molar-refractivity contribution is 5.25. The summed E-state index contributed by atoms with van der Waals surface area (Å²) in [5.41, 5.74) is 2.45. The fourth-order valence-corrected chi connectivity index (χ4v) is 2.08. The van der Waals surface area contributed by atoms with Crippen LogP contribution in [0.15, 0.2) is 12.1 Å². The summed E-state index contributed by atoms with van der Waals surface area (Å²) >= 11 is 0. The molecule has 1 aliphatic rings. The second-order valence-corrected chi connectivity index (χ2v) is 5.49. The Morgan fingerprint density at radius 1 is 1.26 bits per heavy atom. The number of hydrogen-bond donors (Lipinski definition) is 1. The minimum Gasteiger partial charge on any atom is -0.477 e. The highest BCUT2D eigenvalue weighted by Gasteiger charge is 2.22. The van der Waals surface area contributed by atoms with Crippen LogP contribution in [0, 0.1) is 5.92 Å². The minimum atomic E-state index is 0.776. The average Bonchev–Trinajstić information content (AvgIpc) is 3.21. The van der Waals surface area contributed by atoms with E-state index in [1.165, 1.54) is 18.4 Å². The fourth-order valence-electron chi connectivity index (χ4n) is 2.08. The van der Waals surface area contributed by atoms with E-state index >= 15 is 0 Å². The average molecular weight is 262 g/mol. The molecule has 1 N–H and O–H groups in total. The Hall–Kier alpha value is -1.09. The van der Waals surface area contributed by atoms with E-state index in [4.69, 9.17) is 4.74 Å². The van der Waals surface area contributed by atoms with Crippen molar-refractivity contribution in [3.05, 3.63) is 23.4 Å². The summed E-state index contributed by atoms with van der Waals surface area (Å²) in [5.74, 6) is 1.59. The number of aromatic nitrogens is 1. The zero-order chi connectivity index (χ0) is 13.5. The van der Waals surface area contributed by atoms with Crippen LogP contribution in [0.25, 0.3) is 0 Å². The van der Waals surface area contributed by atoms with Crippen molar-refractivity contribution in [2.75, 3.05) is 13.2 Å². The molecule has 2 rings (SSSR count). The minimum absolute atomic E-state index is 0.776. The highest BCUT2D eigenvalue weighted by atomic mass is 16.5. The van der Waals surface area contributed by atoms with Gasteiger partial charge in [0, 0.05) is 18.3 Å². The van der Waals surface area contributed by atoms with Crippen molar-refractivity contribution in [2.24, 2.45) is 5.92 Å². The van der Waals surface area contributed by atoms with E-state index in [1.807, 2.05) is 0 Å². The Morgan fingerprint density at radius 3 is 2.79 bits per heavy atom. The van der Waals surface area contributed by atoms with Gasteiger partial charge in [-0.1, -0.05) is 20.3 Å². The van der Waals surface area contributed by atoms with Crippen molar-refractivity contribution in [2.45, 2.75) is 52.5 Å². The Balaban J connectivity index is 1.97. The third-order valence-electron chi connectivity index (χ3n) is 3.34. The molecule has 0 saturated heterocycles. The van der Waals surface area contributed by atoms with Gasteiger partial charge in [0.05, 0.1) is 6.61 Å². The zero-order valence-electron chi connectivity index (χ0n) is 12.2. The first kappa shape index (κ1) is 14.3. The van der Waals surface area contributed by atoms with Crippen molar-refractivity contribution in [3.63, 3.8) is 0 Å². The summed E-state index contributed by atoms with van der Waals surface area (Å²) in [6.07, 6.45) is 5.96. The van der Waals surface area contributed by atoms with Gasteiger partial charge in [-0.05, 0) is 49.8 Å². The molecular formula is C16H26N2O. The predicted octanol–water partition coefficient (Wildman–Crippen LogP) is 3.32. The number of ether oxygens (including phenoxy) is 1. The summed E-state index contributed by atoms with van der Waals surface area (Å²) in [6, 6.07) is 4.29. The predicted molar refractivity (Wildman–Crippen MR) is 78.4 cm³/mol. The molecule has 3 nitrogen and oxygen atoms in total. The molecule has 0 aliphatic heterocycles. The topological polar surface area (TPSA) is 34.2 Å². The fraction of sp³-hybridized carbons (Fsp3) is 0.688. The van der Waals surface area contributed by atoms with Crippen molar-refractivity contribution in [3.8, 4) is 5.88 Å². The van der Waals surface area contributed by atoms with Gasteiger partial charge in [0.15, 0.2) is 0 Å². The van der Waals surface area contributed by atoms with Gasteiger partial charge in [-0.25, -0.2) is 4.98 Å². The Bertz CT molecular complexity index is 388. The molecule has 1 aromatic rings. The van der Waals surface area contributed by atoms with Crippen LogP contribution in [-0.2, 0) is 13.0 Å². The number of aryl methyl sites for hydroxylation is 1. The van der Waals surface area contributed by atoms with Crippen molar-refractivity contribution in [1.82, 2.24) is 10.3 Å². The van der Waals surface area contributed by atoms with Crippen LogP contribution >= 0.6 is 0 Å². The third kappa shape index (κ3) is 5.19. The van der Waals surface area contributed by atoms with Crippen LogP contribution in [0.5, 0.6) is 5.88 Å². The summed E-state index contributed by atoms with van der Waals surface area (Å²) in [7, 11) is 0. The molecule has 1 fully saturated rings. The van der Waals surface area contributed by atoms with Gasteiger partial charge in [0.25, 0.3) is 0 Å². The molecule has 1 aliphatic carbocycles. The quantitative estimate of drug-likeness (QED) is 0.693. The van der Waals surface area contributed by atoms with Gasteiger partial charge in [-0.2, -0.15) is 0 Å². The number of nitrogens with one attached hydrogen (secondary N) is 1. The lowest BCUT2D eigenvalue weighted by molar-refractivity contribution is 0.287. The Labute approximate surface area is 116 Å². The van der Waals surface area contributed by atoms with E-state index in [1.54, 1.807) is 0 Å².